The Morgan fingerprint density at radius 3 is 2.38 bits per heavy atom. The molecule has 24 heavy (non-hydrogen) atoms. The molecule has 3 aromatic rings. The van der Waals surface area contributed by atoms with E-state index in [0.29, 0.717) is 23.4 Å². The van der Waals surface area contributed by atoms with Crippen LogP contribution in [0.4, 0.5) is 13.2 Å². The highest BCUT2D eigenvalue weighted by Gasteiger charge is 2.33. The number of rotatable bonds is 3. The maximum Gasteiger partial charge on any atom is 0.150 e. The van der Waals surface area contributed by atoms with Crippen molar-refractivity contribution in [3.05, 3.63) is 59.4 Å². The average Bonchev–Trinajstić information content (AvgIpc) is 2.87. The summed E-state index contributed by atoms with van der Waals surface area (Å²) in [6.07, 6.45) is 1.80. The quantitative estimate of drug-likeness (QED) is 0.718. The van der Waals surface area contributed by atoms with Gasteiger partial charge in [-0.3, -0.25) is 0 Å². The lowest BCUT2D eigenvalue weighted by Gasteiger charge is -2.35. The predicted octanol–water partition coefficient (Wildman–Crippen LogP) is 4.70. The first-order valence-electron chi connectivity index (χ1n) is 8.03. The molecule has 2 aromatic carbocycles. The van der Waals surface area contributed by atoms with E-state index in [1.165, 1.54) is 18.2 Å². The van der Waals surface area contributed by atoms with Crippen molar-refractivity contribution in [1.29, 1.82) is 0 Å². The predicted molar refractivity (Wildman–Crippen MR) is 88.1 cm³/mol. The fraction of sp³-hybridized carbons (Fsp3) is 0.263. The first kappa shape index (κ1) is 15.3. The van der Waals surface area contributed by atoms with E-state index in [2.05, 4.69) is 4.98 Å². The monoisotopic (exact) mass is 330 g/mol. The third kappa shape index (κ3) is 2.40. The van der Waals surface area contributed by atoms with Crippen LogP contribution in [0, 0.1) is 23.4 Å². The van der Waals surface area contributed by atoms with E-state index in [0.717, 1.165) is 35.7 Å². The molecule has 1 fully saturated rings. The van der Waals surface area contributed by atoms with Crippen molar-refractivity contribution in [2.45, 2.75) is 18.8 Å². The van der Waals surface area contributed by atoms with Crippen molar-refractivity contribution in [2.24, 2.45) is 11.7 Å². The van der Waals surface area contributed by atoms with Crippen molar-refractivity contribution in [3.8, 4) is 11.3 Å². The van der Waals surface area contributed by atoms with Crippen LogP contribution in [0.2, 0.25) is 0 Å². The van der Waals surface area contributed by atoms with Gasteiger partial charge in [-0.15, -0.1) is 0 Å². The highest BCUT2D eigenvalue weighted by molar-refractivity contribution is 5.92. The van der Waals surface area contributed by atoms with Gasteiger partial charge in [0.15, 0.2) is 0 Å². The number of H-pyrrole nitrogens is 1. The van der Waals surface area contributed by atoms with Gasteiger partial charge in [0.1, 0.15) is 17.5 Å². The smallest absolute Gasteiger partial charge is 0.150 e. The molecular weight excluding hydrogens is 313 g/mol. The lowest BCUT2D eigenvalue weighted by molar-refractivity contribution is 0.274. The normalized spacial score (nSPS) is 20.3. The third-order valence-electron chi connectivity index (χ3n) is 4.97. The summed E-state index contributed by atoms with van der Waals surface area (Å²) in [5, 5.41) is 0.562. The molecule has 1 heterocycles. The van der Waals surface area contributed by atoms with Crippen LogP contribution in [0.25, 0.3) is 22.2 Å². The van der Waals surface area contributed by atoms with Gasteiger partial charge in [0.05, 0.1) is 11.2 Å². The number of hydrogen-bond donors (Lipinski definition) is 2. The lowest BCUT2D eigenvalue weighted by atomic mass is 9.70. The number of aromatic amines is 1. The molecule has 0 amide bonds. The van der Waals surface area contributed by atoms with E-state index in [-0.39, 0.29) is 11.7 Å². The van der Waals surface area contributed by atoms with E-state index in [1.54, 1.807) is 12.1 Å². The first-order valence-corrected chi connectivity index (χ1v) is 8.03. The van der Waals surface area contributed by atoms with Gasteiger partial charge < -0.3 is 10.7 Å². The fourth-order valence-electron chi connectivity index (χ4n) is 3.67. The Labute approximate surface area is 137 Å². The number of fused-ring (bicyclic) bond motifs is 1. The van der Waals surface area contributed by atoms with Crippen molar-refractivity contribution in [2.75, 3.05) is 6.54 Å². The van der Waals surface area contributed by atoms with Gasteiger partial charge in [-0.2, -0.15) is 0 Å². The van der Waals surface area contributed by atoms with Gasteiger partial charge in [-0.05, 0) is 72.7 Å². The number of halogens is 3. The molecule has 1 aliphatic carbocycles. The lowest BCUT2D eigenvalue weighted by Crippen LogP contribution is -2.28. The number of hydrogen-bond acceptors (Lipinski definition) is 1. The number of nitrogens with one attached hydrogen (secondary N) is 1. The highest BCUT2D eigenvalue weighted by atomic mass is 19.1. The molecule has 3 N–H and O–H groups in total. The SMILES string of the molecule is NC[C@H]1C[C@H](c2c(-c3ccc(F)cc3)[nH]c3c(F)cc(F)cc32)C1. The minimum Gasteiger partial charge on any atom is -0.352 e. The summed E-state index contributed by atoms with van der Waals surface area (Å²) in [6, 6.07) is 8.28. The summed E-state index contributed by atoms with van der Waals surface area (Å²) in [5.41, 5.74) is 8.40. The Kier molecular flexibility index (Phi) is 3.61. The maximum atomic E-state index is 14.2. The second-order valence-electron chi connectivity index (χ2n) is 6.50. The summed E-state index contributed by atoms with van der Waals surface area (Å²) in [5.74, 6) is -0.900. The van der Waals surface area contributed by atoms with Crippen molar-refractivity contribution in [3.63, 3.8) is 0 Å². The van der Waals surface area contributed by atoms with Crippen LogP contribution in [0.5, 0.6) is 0 Å². The number of aromatic nitrogens is 1. The zero-order valence-corrected chi connectivity index (χ0v) is 13.0. The van der Waals surface area contributed by atoms with Gasteiger partial charge in [-0.1, -0.05) is 0 Å². The Morgan fingerprint density at radius 1 is 1.00 bits per heavy atom. The second kappa shape index (κ2) is 5.67. The van der Waals surface area contributed by atoms with Crippen molar-refractivity contribution >= 4 is 10.9 Å². The first-order chi connectivity index (χ1) is 11.6. The van der Waals surface area contributed by atoms with Crippen LogP contribution < -0.4 is 5.73 Å². The molecule has 0 unspecified atom stereocenters. The second-order valence-corrected chi connectivity index (χ2v) is 6.50. The Bertz CT molecular complexity index is 893. The van der Waals surface area contributed by atoms with Crippen molar-refractivity contribution < 1.29 is 13.2 Å². The van der Waals surface area contributed by atoms with E-state index in [9.17, 15) is 13.2 Å². The molecule has 0 bridgehead atoms. The Balaban J connectivity index is 1.91. The zero-order chi connectivity index (χ0) is 16.8. The molecule has 4 rings (SSSR count). The summed E-state index contributed by atoms with van der Waals surface area (Å²) in [7, 11) is 0. The third-order valence-corrected chi connectivity index (χ3v) is 4.97. The van der Waals surface area contributed by atoms with Gasteiger partial charge in [0.2, 0.25) is 0 Å². The molecule has 5 heteroatoms. The fourth-order valence-corrected chi connectivity index (χ4v) is 3.67. The summed E-state index contributed by atoms with van der Waals surface area (Å²) < 4.78 is 41.2. The largest absolute Gasteiger partial charge is 0.352 e. The number of benzene rings is 2. The summed E-state index contributed by atoms with van der Waals surface area (Å²) in [4.78, 5) is 3.08. The molecule has 124 valence electrons. The summed E-state index contributed by atoms with van der Waals surface area (Å²) >= 11 is 0. The van der Waals surface area contributed by atoms with Crippen LogP contribution in [0.15, 0.2) is 36.4 Å². The molecule has 1 aliphatic rings. The maximum absolute atomic E-state index is 14.2. The van der Waals surface area contributed by atoms with Crippen LogP contribution in [-0.4, -0.2) is 11.5 Å². The molecule has 0 atom stereocenters. The molecule has 2 nitrogen and oxygen atoms in total. The van der Waals surface area contributed by atoms with Gasteiger partial charge in [0, 0.05) is 11.5 Å². The van der Waals surface area contributed by atoms with Crippen LogP contribution in [-0.2, 0) is 0 Å². The zero-order valence-electron chi connectivity index (χ0n) is 13.0. The van der Waals surface area contributed by atoms with E-state index in [1.807, 2.05) is 0 Å². The molecule has 1 aromatic heterocycles. The minimum absolute atomic E-state index is 0.202. The van der Waals surface area contributed by atoms with Crippen LogP contribution in [0.1, 0.15) is 24.3 Å². The van der Waals surface area contributed by atoms with Crippen molar-refractivity contribution in [1.82, 2.24) is 4.98 Å². The topological polar surface area (TPSA) is 41.8 Å². The van der Waals surface area contributed by atoms with Gasteiger partial charge in [-0.25, -0.2) is 13.2 Å². The Morgan fingerprint density at radius 2 is 1.71 bits per heavy atom. The van der Waals surface area contributed by atoms with Gasteiger partial charge in [0.25, 0.3) is 0 Å². The van der Waals surface area contributed by atoms with Crippen LogP contribution in [0.3, 0.4) is 0 Å². The van der Waals surface area contributed by atoms with E-state index < -0.39 is 11.6 Å². The van der Waals surface area contributed by atoms with E-state index >= 15 is 0 Å². The summed E-state index contributed by atoms with van der Waals surface area (Å²) in [6.45, 7) is 0.619. The Hall–Kier alpha value is -2.27. The molecule has 0 aliphatic heterocycles. The number of nitrogens with two attached hydrogens (primary N) is 1. The molecular formula is C19H17F3N2. The molecule has 0 spiro atoms. The standard InChI is InChI=1S/C19H17F3N2/c20-13-3-1-11(2-4-13)18-17(12-5-10(6-12)9-23)15-7-14(21)8-16(22)19(15)24-18/h1-4,7-8,10,12,24H,5-6,9,23H2/t10-,12-. The minimum atomic E-state index is -0.616. The van der Waals surface area contributed by atoms with Gasteiger partial charge >= 0.3 is 0 Å². The van der Waals surface area contributed by atoms with E-state index in [4.69, 9.17) is 5.73 Å². The van der Waals surface area contributed by atoms with Crippen LogP contribution >= 0.6 is 0 Å². The highest BCUT2D eigenvalue weighted by Crippen LogP contribution is 2.47. The average molecular weight is 330 g/mol. The molecule has 0 saturated heterocycles. The molecule has 0 radical (unpaired) electrons. The molecule has 1 saturated carbocycles.